The smallest absolute Gasteiger partial charge is 0.166 e. The number of allylic oxidation sites excluding steroid dienone is 1. The second-order valence-corrected chi connectivity index (χ2v) is 14.6. The second kappa shape index (κ2) is 5.65. The van der Waals surface area contributed by atoms with Gasteiger partial charge in [-0.3, -0.25) is 0 Å². The molecule has 0 radical (unpaired) electrons. The van der Waals surface area contributed by atoms with Crippen molar-refractivity contribution in [2.75, 3.05) is 0 Å². The van der Waals surface area contributed by atoms with Crippen molar-refractivity contribution in [3.05, 3.63) is 11.8 Å². The molecule has 0 bridgehead atoms. The lowest BCUT2D eigenvalue weighted by atomic mass is 10.8. The molecule has 0 N–H and O–H groups in total. The van der Waals surface area contributed by atoms with E-state index in [0.29, 0.717) is 0 Å². The van der Waals surface area contributed by atoms with E-state index in [2.05, 4.69) is 5.70 Å². The molecule has 0 heterocycles. The van der Waals surface area contributed by atoms with Crippen molar-refractivity contribution in [2.45, 2.75) is 25.6 Å². The zero-order valence-electron chi connectivity index (χ0n) is 6.78. The fourth-order valence-electron chi connectivity index (χ4n) is 0.696. The predicted molar refractivity (Wildman–Crippen MR) is 60.8 cm³/mol. The Hall–Kier alpha value is 1.04. The lowest BCUT2D eigenvalue weighted by molar-refractivity contribution is 1.39. The number of rotatable bonds is 4. The van der Waals surface area contributed by atoms with Gasteiger partial charge in [0.1, 0.15) is 0 Å². The molecule has 0 fully saturated rings. The molecule has 11 heavy (non-hydrogen) atoms. The molecule has 0 spiro atoms. The van der Waals surface area contributed by atoms with E-state index in [4.69, 9.17) is 33.2 Å². The number of hydrogen-bond acceptors (Lipinski definition) is 0. The van der Waals surface area contributed by atoms with Gasteiger partial charge in [-0.2, -0.15) is 11.1 Å². The van der Waals surface area contributed by atoms with Crippen molar-refractivity contribution in [1.82, 2.24) is 0 Å². The summed E-state index contributed by atoms with van der Waals surface area (Å²) in [7, 11) is -1.14. The van der Waals surface area contributed by atoms with E-state index in [-0.39, 0.29) is 0 Å². The van der Waals surface area contributed by atoms with Crippen LogP contribution in [0.15, 0.2) is 11.8 Å². The van der Waals surface area contributed by atoms with Crippen LogP contribution < -0.4 is 0 Å². The molecule has 0 nitrogen and oxygen atoms in total. The molecule has 1 unspecified atom stereocenters. The van der Waals surface area contributed by atoms with Gasteiger partial charge in [0, 0.05) is 0 Å². The molecule has 0 aliphatic heterocycles. The van der Waals surface area contributed by atoms with Crippen LogP contribution in [0.25, 0.3) is 0 Å². The van der Waals surface area contributed by atoms with Crippen molar-refractivity contribution in [2.24, 2.45) is 0 Å². The Balaban J connectivity index is 3.54. The van der Waals surface area contributed by atoms with Gasteiger partial charge in [0.2, 0.25) is 6.69 Å². The van der Waals surface area contributed by atoms with Gasteiger partial charge in [0.15, 0.2) is 8.11 Å². The summed E-state index contributed by atoms with van der Waals surface area (Å²) in [6.45, 7) is 2.03. The van der Waals surface area contributed by atoms with Gasteiger partial charge in [-0.15, -0.1) is 22.2 Å². The van der Waals surface area contributed by atoms with E-state index < -0.39 is 14.8 Å². The van der Waals surface area contributed by atoms with Crippen LogP contribution in [0.2, 0.25) is 18.6 Å². The molecule has 0 aliphatic carbocycles. The van der Waals surface area contributed by atoms with Crippen LogP contribution in [0, 0.1) is 0 Å². The molecule has 5 heteroatoms. The zero-order chi connectivity index (χ0) is 8.91. The van der Waals surface area contributed by atoms with E-state index in [1.165, 1.54) is 0 Å². The maximum absolute atomic E-state index is 6.04. The average molecular weight is 248 g/mol. The molecule has 1 atom stereocenters. The summed E-state index contributed by atoms with van der Waals surface area (Å²) in [4.78, 5) is 0. The summed E-state index contributed by atoms with van der Waals surface area (Å²) in [5.74, 6) is 0. The summed E-state index contributed by atoms with van der Waals surface area (Å²) < 4.78 is 0. The fraction of sp³-hybridized carbons (Fsp3) is 0.667. The molecule has 0 saturated carbocycles. The van der Waals surface area contributed by atoms with E-state index in [9.17, 15) is 0 Å². The highest BCUT2D eigenvalue weighted by atomic mass is 35.7. The Labute approximate surface area is 85.3 Å². The van der Waals surface area contributed by atoms with Crippen molar-refractivity contribution < 1.29 is 0 Å². The first-order valence-electron chi connectivity index (χ1n) is 3.60. The Morgan fingerprint density at radius 3 is 2.36 bits per heavy atom. The van der Waals surface area contributed by atoms with Gasteiger partial charge in [-0.25, -0.2) is 0 Å². The summed E-state index contributed by atoms with van der Waals surface area (Å²) in [5.41, 5.74) is 2.09. The lowest BCUT2D eigenvalue weighted by Crippen LogP contribution is -2.14. The van der Waals surface area contributed by atoms with Crippen LogP contribution in [-0.2, 0) is 0 Å². The molecular formula is C6H13Cl3Si2. The molecule has 0 saturated heterocycles. The van der Waals surface area contributed by atoms with Gasteiger partial charge >= 0.3 is 0 Å². The molecular weight excluding hydrogens is 235 g/mol. The van der Waals surface area contributed by atoms with Gasteiger partial charge in [0.05, 0.1) is 0 Å². The average Bonchev–Trinajstić information content (AvgIpc) is 1.83. The first-order valence-corrected chi connectivity index (χ1v) is 11.6. The topological polar surface area (TPSA) is 0 Å². The highest BCUT2D eigenvalue weighted by Crippen LogP contribution is 2.23. The monoisotopic (exact) mass is 246 g/mol. The minimum Gasteiger partial charge on any atom is -0.166 e. The Bertz CT molecular complexity index is 130. The van der Waals surface area contributed by atoms with E-state index >= 15 is 0 Å². The second-order valence-electron chi connectivity index (χ2n) is 2.65. The SMILES string of the molecule is CC=C[SiH](Cl)CC[Si](C)(Cl)Cl. The minimum atomic E-state index is -1.89. The number of hydrogen-bond donors (Lipinski definition) is 0. The lowest BCUT2D eigenvalue weighted by Gasteiger charge is -2.09. The van der Waals surface area contributed by atoms with Gasteiger partial charge in [-0.1, -0.05) is 11.8 Å². The number of halogens is 3. The van der Waals surface area contributed by atoms with E-state index in [1.807, 2.05) is 19.5 Å². The predicted octanol–water partition coefficient (Wildman–Crippen LogP) is 3.61. The van der Waals surface area contributed by atoms with Crippen LogP contribution in [-0.4, -0.2) is 14.8 Å². The van der Waals surface area contributed by atoms with Gasteiger partial charge < -0.3 is 0 Å². The van der Waals surface area contributed by atoms with Crippen molar-refractivity contribution in [3.8, 4) is 0 Å². The summed E-state index contributed by atoms with van der Waals surface area (Å²) >= 11 is 17.9. The van der Waals surface area contributed by atoms with Gasteiger partial charge in [0.25, 0.3) is 0 Å². The summed E-state index contributed by atoms with van der Waals surface area (Å²) in [5, 5.41) is 0. The van der Waals surface area contributed by atoms with Crippen molar-refractivity contribution >= 4 is 48.0 Å². The molecule has 0 aromatic carbocycles. The molecule has 66 valence electrons. The van der Waals surface area contributed by atoms with Crippen molar-refractivity contribution in [1.29, 1.82) is 0 Å². The van der Waals surface area contributed by atoms with Crippen LogP contribution in [0.1, 0.15) is 6.92 Å². The van der Waals surface area contributed by atoms with Crippen LogP contribution in [0.3, 0.4) is 0 Å². The maximum atomic E-state index is 6.04. The van der Waals surface area contributed by atoms with E-state index in [0.717, 1.165) is 12.1 Å². The van der Waals surface area contributed by atoms with Crippen molar-refractivity contribution in [3.63, 3.8) is 0 Å². The normalized spacial score (nSPS) is 15.7. The first-order chi connectivity index (χ1) is 4.95. The maximum Gasteiger partial charge on any atom is 0.248 e. The minimum absolute atomic E-state index is 0.918. The van der Waals surface area contributed by atoms with Crippen LogP contribution >= 0.6 is 33.2 Å². The third-order valence-corrected chi connectivity index (χ3v) is 6.87. The fourth-order valence-corrected chi connectivity index (χ4v) is 7.82. The molecule has 0 amide bonds. The molecule has 0 aromatic heterocycles. The summed E-state index contributed by atoms with van der Waals surface area (Å²) in [6.07, 6.45) is 2.01. The zero-order valence-corrected chi connectivity index (χ0v) is 11.2. The highest BCUT2D eigenvalue weighted by Gasteiger charge is 2.21. The Kier molecular flexibility index (Phi) is 6.18. The Morgan fingerprint density at radius 2 is 2.00 bits per heavy atom. The standard InChI is InChI=1S/C6H13Cl3Si2/c1-3-4-10(7)5-6-11(2,8)9/h3-4,10H,5-6H2,1-2H3. The Morgan fingerprint density at radius 1 is 1.45 bits per heavy atom. The molecule has 0 aromatic rings. The highest BCUT2D eigenvalue weighted by molar-refractivity contribution is 7.45. The van der Waals surface area contributed by atoms with Gasteiger partial charge in [-0.05, 0) is 25.6 Å². The largest absolute Gasteiger partial charge is 0.248 e. The third-order valence-electron chi connectivity index (χ3n) is 1.26. The first kappa shape index (κ1) is 12.0. The quantitative estimate of drug-likeness (QED) is 0.526. The molecule has 0 aliphatic rings. The summed E-state index contributed by atoms with van der Waals surface area (Å²) in [6, 6.07) is 1.93. The van der Waals surface area contributed by atoms with E-state index in [1.54, 1.807) is 0 Å². The van der Waals surface area contributed by atoms with Crippen LogP contribution in [0.4, 0.5) is 0 Å². The third kappa shape index (κ3) is 8.95. The van der Waals surface area contributed by atoms with Crippen LogP contribution in [0.5, 0.6) is 0 Å². The molecule has 0 rings (SSSR count).